The number of piperidine rings is 2. The first-order valence-corrected chi connectivity index (χ1v) is 7.46. The van der Waals surface area contributed by atoms with E-state index in [1.165, 1.54) is 38.6 Å². The smallest absolute Gasteiger partial charge is 0.221 e. The summed E-state index contributed by atoms with van der Waals surface area (Å²) in [5, 5.41) is 6.53. The quantitative estimate of drug-likeness (QED) is 0.789. The molecule has 2 unspecified atom stereocenters. The Balaban J connectivity index is 1.64. The van der Waals surface area contributed by atoms with Crippen LogP contribution in [0.5, 0.6) is 0 Å². The average Bonchev–Trinajstić information content (AvgIpc) is 2.39. The first-order chi connectivity index (χ1) is 8.75. The Kier molecular flexibility index (Phi) is 5.45. The van der Waals surface area contributed by atoms with E-state index < -0.39 is 0 Å². The lowest BCUT2D eigenvalue weighted by atomic mass is 10.0. The lowest BCUT2D eigenvalue weighted by molar-refractivity contribution is -0.122. The summed E-state index contributed by atoms with van der Waals surface area (Å²) in [7, 11) is 2.17. The molecule has 104 valence electrons. The van der Waals surface area contributed by atoms with Crippen molar-refractivity contribution in [3.05, 3.63) is 0 Å². The number of hydrogen-bond acceptors (Lipinski definition) is 3. The molecule has 4 nitrogen and oxygen atoms in total. The third kappa shape index (κ3) is 4.25. The minimum absolute atomic E-state index is 0.216. The zero-order valence-corrected chi connectivity index (χ0v) is 11.6. The topological polar surface area (TPSA) is 44.4 Å². The molecule has 2 heterocycles. The summed E-state index contributed by atoms with van der Waals surface area (Å²) in [5.41, 5.74) is 0. The molecular formula is C14H27N3O. The van der Waals surface area contributed by atoms with Crippen molar-refractivity contribution >= 4 is 5.91 Å². The van der Waals surface area contributed by atoms with Gasteiger partial charge in [0.25, 0.3) is 0 Å². The van der Waals surface area contributed by atoms with Gasteiger partial charge in [0.2, 0.25) is 5.91 Å². The zero-order valence-electron chi connectivity index (χ0n) is 11.6. The summed E-state index contributed by atoms with van der Waals surface area (Å²) in [6.07, 6.45) is 8.13. The van der Waals surface area contributed by atoms with E-state index in [0.29, 0.717) is 18.5 Å². The van der Waals surface area contributed by atoms with Gasteiger partial charge in [0.1, 0.15) is 0 Å². The summed E-state index contributed by atoms with van der Waals surface area (Å²) in [4.78, 5) is 14.3. The van der Waals surface area contributed by atoms with Gasteiger partial charge in [-0.1, -0.05) is 12.8 Å². The van der Waals surface area contributed by atoms with Crippen LogP contribution in [0.15, 0.2) is 0 Å². The first-order valence-electron chi connectivity index (χ1n) is 7.46. The number of carbonyl (C=O) groups is 1. The fourth-order valence-corrected chi connectivity index (χ4v) is 3.03. The van der Waals surface area contributed by atoms with Crippen molar-refractivity contribution in [2.24, 2.45) is 0 Å². The van der Waals surface area contributed by atoms with Gasteiger partial charge in [0.15, 0.2) is 0 Å². The molecule has 0 saturated carbocycles. The maximum Gasteiger partial charge on any atom is 0.221 e. The molecule has 2 saturated heterocycles. The third-order valence-corrected chi connectivity index (χ3v) is 4.30. The van der Waals surface area contributed by atoms with Crippen LogP contribution in [0, 0.1) is 0 Å². The van der Waals surface area contributed by atoms with E-state index in [2.05, 4.69) is 22.6 Å². The largest absolute Gasteiger partial charge is 0.354 e. The first kappa shape index (κ1) is 13.8. The van der Waals surface area contributed by atoms with E-state index in [1.54, 1.807) is 0 Å². The summed E-state index contributed by atoms with van der Waals surface area (Å²) in [5.74, 6) is 0.216. The standard InChI is InChI=1S/C14H27N3O/c1-17-9-5-3-7-13(17)11-16-14(18)10-12-6-2-4-8-15-12/h12-13,15H,2-11H2,1H3,(H,16,18). The van der Waals surface area contributed by atoms with E-state index in [-0.39, 0.29) is 5.91 Å². The second-order valence-electron chi connectivity index (χ2n) is 5.79. The molecule has 2 atom stereocenters. The molecule has 0 aromatic rings. The second-order valence-corrected chi connectivity index (χ2v) is 5.79. The summed E-state index contributed by atoms with van der Waals surface area (Å²) < 4.78 is 0. The Bertz CT molecular complexity index is 264. The SMILES string of the molecule is CN1CCCCC1CNC(=O)CC1CCCCN1. The highest BCUT2D eigenvalue weighted by Crippen LogP contribution is 2.14. The number of carbonyl (C=O) groups excluding carboxylic acids is 1. The van der Waals surface area contributed by atoms with Gasteiger partial charge in [-0.15, -0.1) is 0 Å². The van der Waals surface area contributed by atoms with Crippen LogP contribution in [0.3, 0.4) is 0 Å². The third-order valence-electron chi connectivity index (χ3n) is 4.30. The lowest BCUT2D eigenvalue weighted by Gasteiger charge is -2.32. The maximum atomic E-state index is 11.9. The molecule has 4 heteroatoms. The van der Waals surface area contributed by atoms with Gasteiger partial charge in [0, 0.05) is 25.0 Å². The van der Waals surface area contributed by atoms with Crippen LogP contribution in [0.2, 0.25) is 0 Å². The maximum absolute atomic E-state index is 11.9. The van der Waals surface area contributed by atoms with Crippen molar-refractivity contribution in [1.29, 1.82) is 0 Å². The predicted octanol–water partition coefficient (Wildman–Crippen LogP) is 1.12. The monoisotopic (exact) mass is 253 g/mol. The van der Waals surface area contributed by atoms with Crippen LogP contribution in [0.1, 0.15) is 44.9 Å². The average molecular weight is 253 g/mol. The highest BCUT2D eigenvalue weighted by atomic mass is 16.1. The molecule has 0 aromatic carbocycles. The molecule has 2 aliphatic heterocycles. The number of rotatable bonds is 4. The van der Waals surface area contributed by atoms with Gasteiger partial charge < -0.3 is 15.5 Å². The highest BCUT2D eigenvalue weighted by Gasteiger charge is 2.20. The fraction of sp³-hybridized carbons (Fsp3) is 0.929. The summed E-state index contributed by atoms with van der Waals surface area (Å²) in [6, 6.07) is 0.949. The van der Waals surface area contributed by atoms with Crippen LogP contribution < -0.4 is 10.6 Å². The van der Waals surface area contributed by atoms with Crippen LogP contribution in [-0.4, -0.2) is 49.6 Å². The zero-order chi connectivity index (χ0) is 12.8. The number of amides is 1. The van der Waals surface area contributed by atoms with E-state index in [4.69, 9.17) is 0 Å². The van der Waals surface area contributed by atoms with Gasteiger partial charge in [-0.25, -0.2) is 0 Å². The van der Waals surface area contributed by atoms with Crippen molar-refractivity contribution in [2.75, 3.05) is 26.7 Å². The minimum Gasteiger partial charge on any atom is -0.354 e. The molecule has 0 aliphatic carbocycles. The van der Waals surface area contributed by atoms with Crippen LogP contribution in [0.25, 0.3) is 0 Å². The van der Waals surface area contributed by atoms with Crippen molar-refractivity contribution in [2.45, 2.75) is 57.0 Å². The van der Waals surface area contributed by atoms with E-state index in [9.17, 15) is 4.79 Å². The van der Waals surface area contributed by atoms with Crippen molar-refractivity contribution < 1.29 is 4.79 Å². The Morgan fingerprint density at radius 1 is 1.28 bits per heavy atom. The number of hydrogen-bond donors (Lipinski definition) is 2. The van der Waals surface area contributed by atoms with Gasteiger partial charge >= 0.3 is 0 Å². The van der Waals surface area contributed by atoms with E-state index >= 15 is 0 Å². The molecule has 2 fully saturated rings. The van der Waals surface area contributed by atoms with Gasteiger partial charge in [-0.3, -0.25) is 4.79 Å². The number of likely N-dealkylation sites (tertiary alicyclic amines) is 1. The summed E-state index contributed by atoms with van der Waals surface area (Å²) >= 11 is 0. The van der Waals surface area contributed by atoms with Crippen molar-refractivity contribution in [3.63, 3.8) is 0 Å². The molecule has 2 rings (SSSR count). The summed E-state index contributed by atoms with van der Waals surface area (Å²) in [6.45, 7) is 3.07. The molecular weight excluding hydrogens is 226 g/mol. The molecule has 2 N–H and O–H groups in total. The van der Waals surface area contributed by atoms with Gasteiger partial charge in [-0.05, 0) is 45.8 Å². The lowest BCUT2D eigenvalue weighted by Crippen LogP contribution is -2.46. The normalized spacial score (nSPS) is 30.1. The molecule has 0 bridgehead atoms. The fourth-order valence-electron chi connectivity index (χ4n) is 3.03. The molecule has 0 radical (unpaired) electrons. The van der Waals surface area contributed by atoms with E-state index in [0.717, 1.165) is 19.5 Å². The highest BCUT2D eigenvalue weighted by molar-refractivity contribution is 5.76. The molecule has 18 heavy (non-hydrogen) atoms. The molecule has 1 amide bonds. The van der Waals surface area contributed by atoms with Crippen LogP contribution in [-0.2, 0) is 4.79 Å². The molecule has 0 spiro atoms. The van der Waals surface area contributed by atoms with E-state index in [1.807, 2.05) is 0 Å². The van der Waals surface area contributed by atoms with Crippen LogP contribution >= 0.6 is 0 Å². The molecule has 2 aliphatic rings. The Morgan fingerprint density at radius 3 is 2.83 bits per heavy atom. The molecule has 0 aromatic heterocycles. The van der Waals surface area contributed by atoms with Crippen molar-refractivity contribution in [1.82, 2.24) is 15.5 Å². The Morgan fingerprint density at radius 2 is 2.11 bits per heavy atom. The van der Waals surface area contributed by atoms with Crippen LogP contribution in [0.4, 0.5) is 0 Å². The number of nitrogens with one attached hydrogen (secondary N) is 2. The Hall–Kier alpha value is -0.610. The second kappa shape index (κ2) is 7.10. The minimum atomic E-state index is 0.216. The number of nitrogens with zero attached hydrogens (tertiary/aromatic N) is 1. The Labute approximate surface area is 110 Å². The van der Waals surface area contributed by atoms with Crippen molar-refractivity contribution in [3.8, 4) is 0 Å². The predicted molar refractivity (Wildman–Crippen MR) is 73.5 cm³/mol. The van der Waals surface area contributed by atoms with Gasteiger partial charge in [0.05, 0.1) is 0 Å². The number of likely N-dealkylation sites (N-methyl/N-ethyl adjacent to an activating group) is 1. The van der Waals surface area contributed by atoms with Gasteiger partial charge in [-0.2, -0.15) is 0 Å².